The summed E-state index contributed by atoms with van der Waals surface area (Å²) >= 11 is 5.91. The second kappa shape index (κ2) is 7.92. The van der Waals surface area contributed by atoms with Gasteiger partial charge < -0.3 is 15.2 Å². The molecule has 21 heavy (non-hydrogen) atoms. The van der Waals surface area contributed by atoms with Gasteiger partial charge in [-0.25, -0.2) is 0 Å². The molecule has 0 spiro atoms. The topological polar surface area (TPSA) is 41.5 Å². The van der Waals surface area contributed by atoms with Gasteiger partial charge in [0.25, 0.3) is 0 Å². The number of aliphatic hydroxyl groups is 1. The molecule has 2 rings (SSSR count). The molecule has 0 aromatic heterocycles. The summed E-state index contributed by atoms with van der Waals surface area (Å²) in [7, 11) is 0. The predicted octanol–water partition coefficient (Wildman–Crippen LogP) is 3.72. The lowest BCUT2D eigenvalue weighted by atomic mass is 10.1. The summed E-state index contributed by atoms with van der Waals surface area (Å²) in [5, 5.41) is 13.8. The Kier molecular flexibility index (Phi) is 6.21. The molecule has 1 fully saturated rings. The first-order chi connectivity index (χ1) is 10.1. The maximum atomic E-state index is 12.4. The van der Waals surface area contributed by atoms with E-state index in [-0.39, 0.29) is 11.8 Å². The van der Waals surface area contributed by atoms with Gasteiger partial charge in [0.2, 0.25) is 0 Å². The van der Waals surface area contributed by atoms with E-state index in [1.165, 1.54) is 12.1 Å². The van der Waals surface area contributed by atoms with Crippen molar-refractivity contribution in [3.05, 3.63) is 28.8 Å². The number of alkyl halides is 2. The van der Waals surface area contributed by atoms with Crippen molar-refractivity contribution in [2.45, 2.75) is 57.4 Å². The molecule has 0 saturated heterocycles. The summed E-state index contributed by atoms with van der Waals surface area (Å²) in [6.45, 7) is -2.53. The lowest BCUT2D eigenvalue weighted by Gasteiger charge is -2.22. The molecule has 6 heteroatoms. The van der Waals surface area contributed by atoms with Gasteiger partial charge in [-0.1, -0.05) is 30.9 Å². The van der Waals surface area contributed by atoms with Crippen molar-refractivity contribution in [2.75, 3.05) is 0 Å². The first-order valence-electron chi connectivity index (χ1n) is 7.21. The zero-order chi connectivity index (χ0) is 15.2. The fourth-order valence-electron chi connectivity index (χ4n) is 2.66. The minimum Gasteiger partial charge on any atom is -0.434 e. The molecule has 1 aromatic carbocycles. The normalized spacial score (nSPS) is 23.1. The first-order valence-corrected chi connectivity index (χ1v) is 7.59. The maximum absolute atomic E-state index is 12.4. The fourth-order valence-corrected chi connectivity index (χ4v) is 2.86. The van der Waals surface area contributed by atoms with Crippen molar-refractivity contribution >= 4 is 11.6 Å². The van der Waals surface area contributed by atoms with Crippen LogP contribution in [0, 0.1) is 0 Å². The third-order valence-corrected chi connectivity index (χ3v) is 4.01. The third kappa shape index (κ3) is 5.09. The summed E-state index contributed by atoms with van der Waals surface area (Å²) in [6, 6.07) is 4.54. The zero-order valence-corrected chi connectivity index (χ0v) is 12.5. The minimum absolute atomic E-state index is 0.0223. The summed E-state index contributed by atoms with van der Waals surface area (Å²) in [6.07, 6.45) is 4.46. The molecule has 2 unspecified atom stereocenters. The Morgan fingerprint density at radius 2 is 2.05 bits per heavy atom. The lowest BCUT2D eigenvalue weighted by Crippen LogP contribution is -2.38. The van der Waals surface area contributed by atoms with Crippen LogP contribution in [-0.4, -0.2) is 23.9 Å². The van der Waals surface area contributed by atoms with Crippen molar-refractivity contribution in [3.8, 4) is 5.75 Å². The van der Waals surface area contributed by atoms with E-state index in [0.717, 1.165) is 32.1 Å². The van der Waals surface area contributed by atoms with Gasteiger partial charge in [0.1, 0.15) is 5.75 Å². The molecule has 1 aromatic rings. The van der Waals surface area contributed by atoms with Crippen molar-refractivity contribution in [1.82, 2.24) is 5.32 Å². The number of aliphatic hydroxyl groups excluding tert-OH is 1. The van der Waals surface area contributed by atoms with E-state index in [9.17, 15) is 13.9 Å². The highest BCUT2D eigenvalue weighted by molar-refractivity contribution is 6.30. The van der Waals surface area contributed by atoms with Gasteiger partial charge in [0.15, 0.2) is 0 Å². The van der Waals surface area contributed by atoms with Crippen LogP contribution in [0.5, 0.6) is 5.75 Å². The van der Waals surface area contributed by atoms with Gasteiger partial charge in [0, 0.05) is 23.2 Å². The monoisotopic (exact) mass is 319 g/mol. The van der Waals surface area contributed by atoms with Crippen LogP contribution < -0.4 is 10.1 Å². The molecule has 3 nitrogen and oxygen atoms in total. The van der Waals surface area contributed by atoms with Crippen LogP contribution in [0.25, 0.3) is 0 Å². The number of halogens is 3. The SMILES string of the molecule is OC1CCCCCC1NCc1cc(Cl)ccc1OC(F)F. The summed E-state index contributed by atoms with van der Waals surface area (Å²) in [5.74, 6) is 0.116. The number of ether oxygens (including phenoxy) is 1. The third-order valence-electron chi connectivity index (χ3n) is 3.77. The quantitative estimate of drug-likeness (QED) is 0.813. The summed E-state index contributed by atoms with van der Waals surface area (Å²) < 4.78 is 29.3. The van der Waals surface area contributed by atoms with Crippen molar-refractivity contribution in [2.24, 2.45) is 0 Å². The van der Waals surface area contributed by atoms with Crippen LogP contribution >= 0.6 is 11.6 Å². The van der Waals surface area contributed by atoms with Crippen molar-refractivity contribution in [3.63, 3.8) is 0 Å². The van der Waals surface area contributed by atoms with Gasteiger partial charge >= 0.3 is 6.61 Å². The second-order valence-corrected chi connectivity index (χ2v) is 5.76. The van der Waals surface area contributed by atoms with Crippen LogP contribution in [0.3, 0.4) is 0 Å². The molecule has 0 bridgehead atoms. The fraction of sp³-hybridized carbons (Fsp3) is 0.600. The number of benzene rings is 1. The zero-order valence-electron chi connectivity index (χ0n) is 11.7. The standard InChI is InChI=1S/C15H20ClF2NO2/c16-11-6-7-14(21-15(17)18)10(8-11)9-19-12-4-2-1-3-5-13(12)20/h6-8,12-13,15,19-20H,1-5,9H2. The summed E-state index contributed by atoms with van der Waals surface area (Å²) in [4.78, 5) is 0. The number of hydrogen-bond donors (Lipinski definition) is 2. The molecule has 0 radical (unpaired) electrons. The average Bonchev–Trinajstić information content (AvgIpc) is 2.63. The average molecular weight is 320 g/mol. The molecule has 0 heterocycles. The predicted molar refractivity (Wildman–Crippen MR) is 77.8 cm³/mol. The van der Waals surface area contributed by atoms with E-state index in [1.54, 1.807) is 6.07 Å². The minimum atomic E-state index is -2.87. The highest BCUT2D eigenvalue weighted by Crippen LogP contribution is 2.25. The van der Waals surface area contributed by atoms with Gasteiger partial charge in [-0.3, -0.25) is 0 Å². The van der Waals surface area contributed by atoms with Crippen LogP contribution in [0.2, 0.25) is 5.02 Å². The smallest absolute Gasteiger partial charge is 0.387 e. The van der Waals surface area contributed by atoms with Gasteiger partial charge in [-0.05, 0) is 31.0 Å². The van der Waals surface area contributed by atoms with Crippen molar-refractivity contribution in [1.29, 1.82) is 0 Å². The summed E-state index contributed by atoms with van der Waals surface area (Å²) in [5.41, 5.74) is 0.569. The molecule has 2 N–H and O–H groups in total. The highest BCUT2D eigenvalue weighted by atomic mass is 35.5. The molecule has 0 aliphatic heterocycles. The number of nitrogens with one attached hydrogen (secondary N) is 1. The van der Waals surface area contributed by atoms with Gasteiger partial charge in [0.05, 0.1) is 6.10 Å². The first kappa shape index (κ1) is 16.5. The Bertz CT molecular complexity index is 459. The number of hydrogen-bond acceptors (Lipinski definition) is 3. The Morgan fingerprint density at radius 3 is 2.81 bits per heavy atom. The Morgan fingerprint density at radius 1 is 1.29 bits per heavy atom. The molecule has 2 atom stereocenters. The molecule has 1 saturated carbocycles. The largest absolute Gasteiger partial charge is 0.434 e. The molecule has 118 valence electrons. The Balaban J connectivity index is 2.02. The van der Waals surface area contributed by atoms with Crippen LogP contribution in [0.1, 0.15) is 37.7 Å². The van der Waals surface area contributed by atoms with Gasteiger partial charge in [-0.15, -0.1) is 0 Å². The van der Waals surface area contributed by atoms with E-state index in [4.69, 9.17) is 11.6 Å². The molecule has 1 aliphatic rings. The van der Waals surface area contributed by atoms with E-state index < -0.39 is 12.7 Å². The lowest BCUT2D eigenvalue weighted by molar-refractivity contribution is -0.0505. The Hall–Kier alpha value is -0.910. The second-order valence-electron chi connectivity index (χ2n) is 5.32. The van der Waals surface area contributed by atoms with E-state index in [1.807, 2.05) is 0 Å². The van der Waals surface area contributed by atoms with E-state index in [2.05, 4.69) is 10.1 Å². The van der Waals surface area contributed by atoms with E-state index >= 15 is 0 Å². The van der Waals surface area contributed by atoms with Gasteiger partial charge in [-0.2, -0.15) is 8.78 Å². The van der Waals surface area contributed by atoms with Crippen molar-refractivity contribution < 1.29 is 18.6 Å². The molecule has 0 amide bonds. The molecule has 1 aliphatic carbocycles. The molecular formula is C15H20ClF2NO2. The highest BCUT2D eigenvalue weighted by Gasteiger charge is 2.21. The van der Waals surface area contributed by atoms with Crippen LogP contribution in [0.4, 0.5) is 8.78 Å². The Labute approximate surface area is 128 Å². The number of rotatable bonds is 5. The van der Waals surface area contributed by atoms with E-state index in [0.29, 0.717) is 17.1 Å². The van der Waals surface area contributed by atoms with Crippen LogP contribution in [0.15, 0.2) is 18.2 Å². The van der Waals surface area contributed by atoms with Crippen LogP contribution in [-0.2, 0) is 6.54 Å². The maximum Gasteiger partial charge on any atom is 0.387 e. The molecular weight excluding hydrogens is 300 g/mol.